The number of carbonyl (C=O) groups excluding carboxylic acids is 3. The fourth-order valence-electron chi connectivity index (χ4n) is 6.76. The zero-order chi connectivity index (χ0) is 27.0. The molecule has 0 aliphatic carbocycles. The normalized spacial score (nSPS) is 31.6. The first-order valence-corrected chi connectivity index (χ1v) is 14.2. The van der Waals surface area contributed by atoms with Gasteiger partial charge in [0.2, 0.25) is 17.7 Å². The number of rotatable bonds is 12. The summed E-state index contributed by atoms with van der Waals surface area (Å²) in [6.45, 7) is 20.9. The highest BCUT2D eigenvalue weighted by Crippen LogP contribution is 2.72. The third kappa shape index (κ3) is 4.42. The van der Waals surface area contributed by atoms with Crippen molar-refractivity contribution in [2.75, 3.05) is 26.2 Å². The summed E-state index contributed by atoms with van der Waals surface area (Å²) in [6.07, 6.45) is 5.74. The van der Waals surface area contributed by atoms with E-state index in [1.807, 2.05) is 39.5 Å². The first-order valence-electron chi connectivity index (χ1n) is 13.4. The minimum Gasteiger partial charge on any atom is -0.394 e. The molecule has 3 saturated heterocycles. The highest BCUT2D eigenvalue weighted by Gasteiger charge is 2.78. The summed E-state index contributed by atoms with van der Waals surface area (Å²) in [7, 11) is 0. The molecule has 0 saturated carbocycles. The average Bonchev–Trinajstić information content (AvgIpc) is 3.38. The summed E-state index contributed by atoms with van der Waals surface area (Å²) in [5.74, 6) is -1.42. The van der Waals surface area contributed by atoms with Gasteiger partial charge in [-0.25, -0.2) is 0 Å². The molecule has 2 unspecified atom stereocenters. The molecule has 3 rings (SSSR count). The third-order valence-corrected chi connectivity index (χ3v) is 10.4. The van der Waals surface area contributed by atoms with Gasteiger partial charge in [0, 0.05) is 30.4 Å². The van der Waals surface area contributed by atoms with Crippen LogP contribution in [-0.2, 0) is 14.4 Å². The van der Waals surface area contributed by atoms with Crippen LogP contribution < -0.4 is 0 Å². The number of hydrogen-bond acceptors (Lipinski definition) is 5. The van der Waals surface area contributed by atoms with Gasteiger partial charge >= 0.3 is 0 Å². The lowest BCUT2D eigenvalue weighted by Crippen LogP contribution is -2.59. The van der Waals surface area contributed by atoms with Gasteiger partial charge in [0.15, 0.2) is 0 Å². The lowest BCUT2D eigenvalue weighted by atomic mass is 9.66. The molecule has 0 aromatic rings. The SMILES string of the molecule is C=CCN(CCC)C(=O)[C@@H]1[C@H]2C(=O)N([C@@H](CO)C(C)C)C(C(=O)N(CC=C)C(C)C)C23CC[C@@]1(C)S3. The van der Waals surface area contributed by atoms with Crippen LogP contribution in [0.15, 0.2) is 25.3 Å². The highest BCUT2D eigenvalue weighted by molar-refractivity contribution is 8.02. The second-order valence-corrected chi connectivity index (χ2v) is 13.3. The van der Waals surface area contributed by atoms with Crippen molar-refractivity contribution in [2.24, 2.45) is 17.8 Å². The second-order valence-electron chi connectivity index (χ2n) is 11.4. The molecule has 7 nitrogen and oxygen atoms in total. The van der Waals surface area contributed by atoms with Crippen molar-refractivity contribution in [2.45, 2.75) is 88.4 Å². The van der Waals surface area contributed by atoms with Gasteiger partial charge in [-0.1, -0.05) is 32.9 Å². The van der Waals surface area contributed by atoms with Gasteiger partial charge in [-0.15, -0.1) is 24.9 Å². The molecule has 36 heavy (non-hydrogen) atoms. The van der Waals surface area contributed by atoms with Crippen molar-refractivity contribution < 1.29 is 19.5 Å². The van der Waals surface area contributed by atoms with Crippen molar-refractivity contribution in [3.8, 4) is 0 Å². The number of carbonyl (C=O) groups is 3. The maximum Gasteiger partial charge on any atom is 0.247 e. The second kappa shape index (κ2) is 10.9. The molecular weight excluding hydrogens is 474 g/mol. The summed E-state index contributed by atoms with van der Waals surface area (Å²) in [6, 6.07) is -1.29. The van der Waals surface area contributed by atoms with Crippen molar-refractivity contribution in [3.05, 3.63) is 25.3 Å². The smallest absolute Gasteiger partial charge is 0.247 e. The van der Waals surface area contributed by atoms with Crippen LogP contribution in [-0.4, -0.2) is 91.4 Å². The number of hydrogen-bond donors (Lipinski definition) is 1. The largest absolute Gasteiger partial charge is 0.394 e. The first-order chi connectivity index (χ1) is 16.9. The lowest BCUT2D eigenvalue weighted by Gasteiger charge is -2.41. The van der Waals surface area contributed by atoms with Gasteiger partial charge < -0.3 is 19.8 Å². The highest BCUT2D eigenvalue weighted by atomic mass is 32.2. The fraction of sp³-hybridized carbons (Fsp3) is 0.750. The Bertz CT molecular complexity index is 892. The van der Waals surface area contributed by atoms with E-state index >= 15 is 0 Å². The van der Waals surface area contributed by atoms with E-state index in [0.29, 0.717) is 26.1 Å². The Morgan fingerprint density at radius 1 is 1.17 bits per heavy atom. The molecule has 0 aromatic heterocycles. The minimum atomic E-state index is -0.722. The monoisotopic (exact) mass is 519 g/mol. The van der Waals surface area contributed by atoms with Crippen molar-refractivity contribution >= 4 is 29.5 Å². The predicted molar refractivity (Wildman–Crippen MR) is 145 cm³/mol. The van der Waals surface area contributed by atoms with Crippen molar-refractivity contribution in [1.82, 2.24) is 14.7 Å². The zero-order valence-electron chi connectivity index (χ0n) is 22.9. The van der Waals surface area contributed by atoms with Crippen LogP contribution in [0.25, 0.3) is 0 Å². The Morgan fingerprint density at radius 3 is 2.31 bits per heavy atom. The summed E-state index contributed by atoms with van der Waals surface area (Å²) in [5.41, 5.74) is 0. The Balaban J connectivity index is 2.16. The van der Waals surface area contributed by atoms with Crippen LogP contribution in [0.2, 0.25) is 0 Å². The first kappa shape index (κ1) is 28.8. The summed E-state index contributed by atoms with van der Waals surface area (Å²) < 4.78 is -1.10. The van der Waals surface area contributed by atoms with Gasteiger partial charge in [0.25, 0.3) is 0 Å². The van der Waals surface area contributed by atoms with Gasteiger partial charge in [-0.05, 0) is 46.0 Å². The lowest BCUT2D eigenvalue weighted by molar-refractivity contribution is -0.149. The van der Waals surface area contributed by atoms with Gasteiger partial charge in [0.05, 0.1) is 29.2 Å². The van der Waals surface area contributed by atoms with Crippen LogP contribution in [0.5, 0.6) is 0 Å². The molecule has 3 heterocycles. The van der Waals surface area contributed by atoms with E-state index in [1.54, 1.807) is 33.7 Å². The molecule has 3 fully saturated rings. The van der Waals surface area contributed by atoms with Crippen molar-refractivity contribution in [3.63, 3.8) is 0 Å². The molecule has 1 N–H and O–H groups in total. The summed E-state index contributed by atoms with van der Waals surface area (Å²) >= 11 is 1.68. The van der Waals surface area contributed by atoms with E-state index in [1.165, 1.54) is 0 Å². The number of thioether (sulfide) groups is 1. The van der Waals surface area contributed by atoms with Crippen LogP contribution in [0.1, 0.15) is 60.8 Å². The maximum absolute atomic E-state index is 14.4. The molecule has 6 atom stereocenters. The van der Waals surface area contributed by atoms with Crippen LogP contribution in [0.3, 0.4) is 0 Å². The maximum atomic E-state index is 14.4. The Hall–Kier alpha value is -1.80. The Morgan fingerprint density at radius 2 is 1.81 bits per heavy atom. The Labute approximate surface area is 221 Å². The van der Waals surface area contributed by atoms with Gasteiger partial charge in [-0.3, -0.25) is 14.4 Å². The minimum absolute atomic E-state index is 0.0170. The number of aliphatic hydroxyl groups excluding tert-OH is 1. The molecular formula is C28H45N3O4S. The quantitative estimate of drug-likeness (QED) is 0.400. The molecule has 8 heteroatoms. The van der Waals surface area contributed by atoms with E-state index in [9.17, 15) is 19.5 Å². The Kier molecular flexibility index (Phi) is 8.71. The number of likely N-dealkylation sites (tertiary alicyclic amines) is 1. The van der Waals surface area contributed by atoms with E-state index in [-0.39, 0.29) is 36.3 Å². The molecule has 3 aliphatic rings. The predicted octanol–water partition coefficient (Wildman–Crippen LogP) is 3.33. The molecule has 0 radical (unpaired) electrons. The van der Waals surface area contributed by atoms with E-state index in [4.69, 9.17) is 0 Å². The molecule has 202 valence electrons. The fourth-order valence-corrected chi connectivity index (χ4v) is 9.09. The van der Waals surface area contributed by atoms with E-state index in [0.717, 1.165) is 12.8 Å². The molecule has 3 aliphatic heterocycles. The van der Waals surface area contributed by atoms with Crippen LogP contribution in [0.4, 0.5) is 0 Å². The number of aliphatic hydroxyl groups is 1. The zero-order valence-corrected chi connectivity index (χ0v) is 23.7. The van der Waals surface area contributed by atoms with Crippen LogP contribution in [0, 0.1) is 17.8 Å². The third-order valence-electron chi connectivity index (χ3n) is 8.42. The molecule has 0 aromatic carbocycles. The van der Waals surface area contributed by atoms with Gasteiger partial charge in [0.1, 0.15) is 6.04 Å². The molecule has 1 spiro atoms. The molecule has 3 amide bonds. The van der Waals surface area contributed by atoms with Crippen LogP contribution >= 0.6 is 11.8 Å². The molecule has 2 bridgehead atoms. The number of nitrogens with zero attached hydrogens (tertiary/aromatic N) is 3. The summed E-state index contributed by atoms with van der Waals surface area (Å²) in [4.78, 5) is 48.0. The number of amides is 3. The van der Waals surface area contributed by atoms with E-state index < -0.39 is 33.4 Å². The van der Waals surface area contributed by atoms with Crippen molar-refractivity contribution in [1.29, 1.82) is 0 Å². The average molecular weight is 520 g/mol. The van der Waals surface area contributed by atoms with E-state index in [2.05, 4.69) is 20.1 Å². The number of fused-ring (bicyclic) bond motifs is 1. The van der Waals surface area contributed by atoms with Gasteiger partial charge in [-0.2, -0.15) is 0 Å². The topological polar surface area (TPSA) is 81.2 Å². The standard InChI is InChI=1S/C28H45N3O4S/c1-9-14-29(15-10-2)24(33)21-22-25(34)31(20(17-32)18(4)5)23(26(35)30(16-11-3)19(6)7)28(22)13-12-27(21,8)36-28/h9,11,18-23,32H,1,3,10,12-17H2,2,4-8H3/t20-,21-,22-,23?,27+,28?/m0/s1. The summed E-state index contributed by atoms with van der Waals surface area (Å²) in [5, 5.41) is 10.4.